The zero-order chi connectivity index (χ0) is 14.7. The van der Waals surface area contributed by atoms with E-state index in [-0.39, 0.29) is 5.78 Å². The largest absolute Gasteiger partial charge is 0.427 e. The van der Waals surface area contributed by atoms with E-state index in [1.54, 1.807) is 24.3 Å². The van der Waals surface area contributed by atoms with Gasteiger partial charge >= 0.3 is 5.97 Å². The molecular weight excluding hydrogens is 252 g/mol. The van der Waals surface area contributed by atoms with E-state index in [0.29, 0.717) is 16.9 Å². The Bertz CT molecular complexity index is 672. The van der Waals surface area contributed by atoms with Crippen molar-refractivity contribution < 1.29 is 14.3 Å². The second-order valence-corrected chi connectivity index (χ2v) is 4.75. The molecule has 0 aliphatic rings. The molecule has 2 aromatic carbocycles. The molecule has 0 aliphatic heterocycles. The first-order valence-electron chi connectivity index (χ1n) is 6.38. The third-order valence-corrected chi connectivity index (χ3v) is 3.13. The van der Waals surface area contributed by atoms with E-state index in [2.05, 4.69) is 0 Å². The zero-order valence-electron chi connectivity index (χ0n) is 11.8. The smallest absolute Gasteiger partial charge is 0.308 e. The van der Waals surface area contributed by atoms with Gasteiger partial charge in [0.25, 0.3) is 0 Å². The maximum Gasteiger partial charge on any atom is 0.308 e. The second kappa shape index (κ2) is 5.70. The van der Waals surface area contributed by atoms with Crippen molar-refractivity contribution in [3.8, 4) is 5.75 Å². The van der Waals surface area contributed by atoms with Gasteiger partial charge in [-0.3, -0.25) is 9.59 Å². The predicted octanol–water partition coefficient (Wildman–Crippen LogP) is 3.46. The van der Waals surface area contributed by atoms with Crippen LogP contribution in [0.15, 0.2) is 42.5 Å². The van der Waals surface area contributed by atoms with Crippen molar-refractivity contribution in [2.45, 2.75) is 20.8 Å². The number of carbonyl (C=O) groups excluding carboxylic acids is 2. The van der Waals surface area contributed by atoms with Crippen LogP contribution in [0.2, 0.25) is 0 Å². The number of hydrogen-bond donors (Lipinski definition) is 0. The summed E-state index contributed by atoms with van der Waals surface area (Å²) in [6.45, 7) is 5.31. The van der Waals surface area contributed by atoms with Crippen molar-refractivity contribution in [2.75, 3.05) is 0 Å². The van der Waals surface area contributed by atoms with Gasteiger partial charge in [0.15, 0.2) is 5.78 Å². The maximum atomic E-state index is 12.4. The zero-order valence-corrected chi connectivity index (χ0v) is 11.8. The van der Waals surface area contributed by atoms with E-state index in [1.807, 2.05) is 32.0 Å². The number of esters is 1. The average molecular weight is 268 g/mol. The molecule has 20 heavy (non-hydrogen) atoms. The summed E-state index contributed by atoms with van der Waals surface area (Å²) in [5, 5.41) is 0. The lowest BCUT2D eigenvalue weighted by atomic mass is 9.99. The molecule has 0 aromatic heterocycles. The molecule has 0 radical (unpaired) electrons. The van der Waals surface area contributed by atoms with Gasteiger partial charge in [-0.15, -0.1) is 0 Å². The van der Waals surface area contributed by atoms with Crippen LogP contribution >= 0.6 is 0 Å². The van der Waals surface area contributed by atoms with Gasteiger partial charge in [-0.05, 0) is 43.2 Å². The van der Waals surface area contributed by atoms with Crippen LogP contribution in [0.1, 0.15) is 34.0 Å². The van der Waals surface area contributed by atoms with E-state index < -0.39 is 5.97 Å². The highest BCUT2D eigenvalue weighted by Crippen LogP contribution is 2.18. The van der Waals surface area contributed by atoms with E-state index in [1.165, 1.54) is 6.92 Å². The number of rotatable bonds is 3. The average Bonchev–Trinajstić information content (AvgIpc) is 2.40. The minimum atomic E-state index is -0.402. The molecule has 0 amide bonds. The van der Waals surface area contributed by atoms with E-state index in [9.17, 15) is 9.59 Å². The lowest BCUT2D eigenvalue weighted by Gasteiger charge is -2.06. The number of hydrogen-bond acceptors (Lipinski definition) is 3. The van der Waals surface area contributed by atoms with E-state index in [4.69, 9.17) is 4.74 Å². The molecule has 2 rings (SSSR count). The summed E-state index contributed by atoms with van der Waals surface area (Å²) < 4.78 is 4.99. The van der Waals surface area contributed by atoms with Crippen LogP contribution in [-0.2, 0) is 4.79 Å². The van der Waals surface area contributed by atoms with Crippen LogP contribution in [0.5, 0.6) is 5.75 Å². The monoisotopic (exact) mass is 268 g/mol. The van der Waals surface area contributed by atoms with Gasteiger partial charge in [0.05, 0.1) is 0 Å². The highest BCUT2D eigenvalue weighted by Gasteiger charge is 2.11. The van der Waals surface area contributed by atoms with Crippen LogP contribution in [0.3, 0.4) is 0 Å². The minimum absolute atomic E-state index is 0.0814. The topological polar surface area (TPSA) is 43.4 Å². The van der Waals surface area contributed by atoms with Gasteiger partial charge in [-0.1, -0.05) is 24.3 Å². The van der Waals surface area contributed by atoms with Gasteiger partial charge in [0.1, 0.15) is 5.75 Å². The molecule has 0 fully saturated rings. The third-order valence-electron chi connectivity index (χ3n) is 3.13. The molecule has 0 aliphatic carbocycles. The lowest BCUT2D eigenvalue weighted by molar-refractivity contribution is -0.131. The van der Waals surface area contributed by atoms with Gasteiger partial charge in [-0.25, -0.2) is 0 Å². The van der Waals surface area contributed by atoms with Gasteiger partial charge in [-0.2, -0.15) is 0 Å². The van der Waals surface area contributed by atoms with Crippen molar-refractivity contribution in [3.63, 3.8) is 0 Å². The summed E-state index contributed by atoms with van der Waals surface area (Å²) in [6.07, 6.45) is 0. The molecule has 0 spiro atoms. The summed E-state index contributed by atoms with van der Waals surface area (Å²) in [6, 6.07) is 12.3. The number of carbonyl (C=O) groups is 2. The molecule has 0 bridgehead atoms. The molecule has 2 aromatic rings. The summed E-state index contributed by atoms with van der Waals surface area (Å²) in [5.74, 6) is -0.102. The Morgan fingerprint density at radius 1 is 0.900 bits per heavy atom. The maximum absolute atomic E-state index is 12.4. The highest BCUT2D eigenvalue weighted by atomic mass is 16.5. The Kier molecular flexibility index (Phi) is 3.99. The fourth-order valence-corrected chi connectivity index (χ4v) is 1.92. The lowest BCUT2D eigenvalue weighted by Crippen LogP contribution is -2.05. The molecule has 0 atom stereocenters. The van der Waals surface area contributed by atoms with E-state index in [0.717, 1.165) is 11.1 Å². The Hall–Kier alpha value is -2.42. The van der Waals surface area contributed by atoms with Crippen LogP contribution in [0.25, 0.3) is 0 Å². The van der Waals surface area contributed by atoms with Gasteiger partial charge < -0.3 is 4.74 Å². The predicted molar refractivity (Wildman–Crippen MR) is 77.1 cm³/mol. The highest BCUT2D eigenvalue weighted by molar-refractivity contribution is 6.09. The molecule has 3 nitrogen and oxygen atoms in total. The van der Waals surface area contributed by atoms with Crippen LogP contribution in [-0.4, -0.2) is 11.8 Å². The van der Waals surface area contributed by atoms with Crippen LogP contribution in [0.4, 0.5) is 0 Å². The van der Waals surface area contributed by atoms with Crippen molar-refractivity contribution >= 4 is 11.8 Å². The quantitative estimate of drug-likeness (QED) is 0.486. The first-order valence-corrected chi connectivity index (χ1v) is 6.38. The fraction of sp³-hybridized carbons (Fsp3) is 0.176. The molecule has 0 unspecified atom stereocenters. The van der Waals surface area contributed by atoms with Crippen molar-refractivity contribution in [3.05, 3.63) is 64.7 Å². The normalized spacial score (nSPS) is 10.2. The number of aryl methyl sites for hydroxylation is 2. The van der Waals surface area contributed by atoms with Crippen molar-refractivity contribution in [1.29, 1.82) is 0 Å². The van der Waals surface area contributed by atoms with Crippen LogP contribution in [0, 0.1) is 13.8 Å². The molecule has 3 heteroatoms. The molecule has 102 valence electrons. The molecule has 0 saturated heterocycles. The molecule has 0 heterocycles. The Morgan fingerprint density at radius 2 is 1.60 bits per heavy atom. The summed E-state index contributed by atoms with van der Waals surface area (Å²) in [7, 11) is 0. The molecule has 0 saturated carbocycles. The Labute approximate surface area is 118 Å². The summed E-state index contributed by atoms with van der Waals surface area (Å²) in [5.41, 5.74) is 3.36. The summed E-state index contributed by atoms with van der Waals surface area (Å²) >= 11 is 0. The molecular formula is C17H16O3. The SMILES string of the molecule is CC(=O)Oc1cccc(C(=O)c2ccc(C)c(C)c2)c1. The number of ether oxygens (including phenoxy) is 1. The van der Waals surface area contributed by atoms with Gasteiger partial charge in [0, 0.05) is 18.1 Å². The Morgan fingerprint density at radius 3 is 2.25 bits per heavy atom. The number of ketones is 1. The van der Waals surface area contributed by atoms with Gasteiger partial charge in [0.2, 0.25) is 0 Å². The first-order chi connectivity index (χ1) is 9.47. The van der Waals surface area contributed by atoms with Crippen molar-refractivity contribution in [1.82, 2.24) is 0 Å². The Balaban J connectivity index is 2.33. The second-order valence-electron chi connectivity index (χ2n) is 4.75. The molecule has 0 N–H and O–H groups in total. The number of benzene rings is 2. The fourth-order valence-electron chi connectivity index (χ4n) is 1.92. The first kappa shape index (κ1) is 14.0. The van der Waals surface area contributed by atoms with Crippen molar-refractivity contribution in [2.24, 2.45) is 0 Å². The van der Waals surface area contributed by atoms with Crippen LogP contribution < -0.4 is 4.74 Å². The summed E-state index contributed by atoms with van der Waals surface area (Å²) in [4.78, 5) is 23.3. The minimum Gasteiger partial charge on any atom is -0.427 e. The standard InChI is InChI=1S/C17H16O3/c1-11-7-8-15(9-12(11)2)17(19)14-5-4-6-16(10-14)20-13(3)18/h4-10H,1-3H3. The van der Waals surface area contributed by atoms with E-state index >= 15 is 0 Å². The third kappa shape index (κ3) is 3.12.